The summed E-state index contributed by atoms with van der Waals surface area (Å²) in [5.41, 5.74) is 2.61. The summed E-state index contributed by atoms with van der Waals surface area (Å²) < 4.78 is 4.63. The lowest BCUT2D eigenvalue weighted by molar-refractivity contribution is -0.697. The minimum absolute atomic E-state index is 0.882. The number of hydrogen-bond donors (Lipinski definition) is 0. The van der Waals surface area contributed by atoms with E-state index in [1.807, 2.05) is 0 Å². The van der Waals surface area contributed by atoms with Crippen molar-refractivity contribution in [3.63, 3.8) is 0 Å². The SMILES string of the molecule is CCCC[n+]1ccc(-c2cc[n+](CCCCN3CSC4CCCCC43)cc2)cc1. The van der Waals surface area contributed by atoms with E-state index in [0.29, 0.717) is 0 Å². The van der Waals surface area contributed by atoms with Gasteiger partial charge in [0.25, 0.3) is 0 Å². The van der Waals surface area contributed by atoms with E-state index in [-0.39, 0.29) is 0 Å². The van der Waals surface area contributed by atoms with Crippen LogP contribution in [0.25, 0.3) is 11.1 Å². The smallest absolute Gasteiger partial charge is 0.169 e. The minimum Gasteiger partial charge on any atom is -0.290 e. The summed E-state index contributed by atoms with van der Waals surface area (Å²) in [5, 5.41) is 0.935. The van der Waals surface area contributed by atoms with Gasteiger partial charge in [-0.2, -0.15) is 0 Å². The van der Waals surface area contributed by atoms with Crippen molar-refractivity contribution in [2.24, 2.45) is 0 Å². The van der Waals surface area contributed by atoms with Crippen LogP contribution in [0.3, 0.4) is 0 Å². The van der Waals surface area contributed by atoms with Crippen LogP contribution >= 0.6 is 11.8 Å². The Bertz CT molecular complexity index is 744. The van der Waals surface area contributed by atoms with Gasteiger partial charge < -0.3 is 0 Å². The third-order valence-electron chi connectivity index (χ3n) is 6.59. The van der Waals surface area contributed by atoms with Crippen LogP contribution in [0.4, 0.5) is 0 Å². The van der Waals surface area contributed by atoms with E-state index in [9.17, 15) is 0 Å². The molecule has 2 atom stereocenters. The molecule has 2 aliphatic rings. The summed E-state index contributed by atoms with van der Waals surface area (Å²) in [6, 6.07) is 9.88. The number of unbranched alkanes of at least 4 members (excludes halogenated alkanes) is 2. The highest BCUT2D eigenvalue weighted by atomic mass is 32.2. The Kier molecular flexibility index (Phi) is 7.61. The lowest BCUT2D eigenvalue weighted by Gasteiger charge is -2.30. The molecule has 4 heteroatoms. The molecule has 2 unspecified atom stereocenters. The number of nitrogens with zero attached hydrogens (tertiary/aromatic N) is 3. The van der Waals surface area contributed by atoms with Crippen LogP contribution in [0, 0.1) is 0 Å². The van der Waals surface area contributed by atoms with E-state index >= 15 is 0 Å². The van der Waals surface area contributed by atoms with Crippen molar-refractivity contribution in [1.82, 2.24) is 4.90 Å². The predicted molar refractivity (Wildman–Crippen MR) is 122 cm³/mol. The summed E-state index contributed by atoms with van der Waals surface area (Å²) in [4.78, 5) is 2.77. The molecule has 156 valence electrons. The summed E-state index contributed by atoms with van der Waals surface area (Å²) >= 11 is 2.21. The second-order valence-corrected chi connectivity index (χ2v) is 9.91. The van der Waals surface area contributed by atoms with E-state index in [2.05, 4.69) is 81.8 Å². The first-order valence-electron chi connectivity index (χ1n) is 11.7. The number of hydrogen-bond acceptors (Lipinski definition) is 2. The summed E-state index contributed by atoms with van der Waals surface area (Å²) in [6.45, 7) is 5.77. The number of thioether (sulfide) groups is 1. The second-order valence-electron chi connectivity index (χ2n) is 8.71. The Balaban J connectivity index is 1.21. The minimum atomic E-state index is 0.882. The Labute approximate surface area is 181 Å². The van der Waals surface area contributed by atoms with Crippen LogP contribution in [0.1, 0.15) is 58.3 Å². The highest BCUT2D eigenvalue weighted by molar-refractivity contribution is 8.00. The molecule has 0 radical (unpaired) electrons. The fourth-order valence-electron chi connectivity index (χ4n) is 4.75. The van der Waals surface area contributed by atoms with Gasteiger partial charge in [-0.25, -0.2) is 9.13 Å². The maximum absolute atomic E-state index is 2.77. The lowest BCUT2D eigenvalue weighted by atomic mass is 9.94. The number of pyridine rings is 2. The van der Waals surface area contributed by atoms with Crippen LogP contribution in [-0.2, 0) is 13.1 Å². The monoisotopic (exact) mass is 411 g/mol. The highest BCUT2D eigenvalue weighted by Gasteiger charge is 2.35. The summed E-state index contributed by atoms with van der Waals surface area (Å²) in [5.74, 6) is 1.27. The van der Waals surface area contributed by atoms with Crippen molar-refractivity contribution in [3.8, 4) is 11.1 Å². The van der Waals surface area contributed by atoms with Crippen molar-refractivity contribution in [1.29, 1.82) is 0 Å². The van der Waals surface area contributed by atoms with E-state index in [0.717, 1.165) is 24.4 Å². The first kappa shape index (κ1) is 20.9. The Hall–Kier alpha value is -1.39. The average Bonchev–Trinajstić information content (AvgIpc) is 3.19. The molecule has 1 aliphatic carbocycles. The van der Waals surface area contributed by atoms with E-state index in [1.165, 1.54) is 74.9 Å². The Morgan fingerprint density at radius 3 is 2.14 bits per heavy atom. The molecule has 4 rings (SSSR count). The van der Waals surface area contributed by atoms with Crippen molar-refractivity contribution in [2.75, 3.05) is 12.4 Å². The van der Waals surface area contributed by atoms with Gasteiger partial charge in [0, 0.05) is 54.3 Å². The molecule has 3 nitrogen and oxygen atoms in total. The van der Waals surface area contributed by atoms with Crippen LogP contribution in [0.2, 0.25) is 0 Å². The third kappa shape index (κ3) is 5.61. The van der Waals surface area contributed by atoms with E-state index in [1.54, 1.807) is 0 Å². The van der Waals surface area contributed by atoms with Gasteiger partial charge in [0.05, 0.1) is 0 Å². The predicted octanol–water partition coefficient (Wildman–Crippen LogP) is 4.83. The zero-order valence-corrected chi connectivity index (χ0v) is 18.8. The van der Waals surface area contributed by atoms with Gasteiger partial charge in [0.1, 0.15) is 13.1 Å². The second kappa shape index (κ2) is 10.6. The lowest BCUT2D eigenvalue weighted by Crippen LogP contribution is -2.38. The molecule has 29 heavy (non-hydrogen) atoms. The molecular weight excluding hydrogens is 374 g/mol. The standard InChI is InChI=1S/C25H37N3S/c1-2-3-14-26-17-10-22(11-18-26)23-12-19-27(20-13-23)15-6-7-16-28-21-29-25-9-5-4-8-24(25)28/h10-13,17-20,24-25H,2-9,14-16,21H2,1H3/q+2. The van der Waals surface area contributed by atoms with Crippen LogP contribution in [0.5, 0.6) is 0 Å². The topological polar surface area (TPSA) is 11.0 Å². The van der Waals surface area contributed by atoms with Crippen LogP contribution in [-0.4, -0.2) is 28.6 Å². The number of aromatic nitrogens is 2. The molecule has 0 bridgehead atoms. The molecule has 1 saturated heterocycles. The van der Waals surface area contributed by atoms with Gasteiger partial charge in [0.15, 0.2) is 24.8 Å². The van der Waals surface area contributed by atoms with Gasteiger partial charge in [-0.3, -0.25) is 4.90 Å². The van der Waals surface area contributed by atoms with Crippen LogP contribution < -0.4 is 9.13 Å². The van der Waals surface area contributed by atoms with Crippen LogP contribution in [0.15, 0.2) is 49.1 Å². The number of rotatable bonds is 9. The molecule has 2 aromatic rings. The molecule has 2 fully saturated rings. The van der Waals surface area contributed by atoms with E-state index < -0.39 is 0 Å². The fraction of sp³-hybridized carbons (Fsp3) is 0.600. The van der Waals surface area contributed by atoms with Gasteiger partial charge in [-0.1, -0.05) is 26.2 Å². The Morgan fingerprint density at radius 2 is 1.48 bits per heavy atom. The van der Waals surface area contributed by atoms with Gasteiger partial charge in [-0.05, 0) is 36.9 Å². The van der Waals surface area contributed by atoms with Gasteiger partial charge in [0.2, 0.25) is 0 Å². The zero-order chi connectivity index (χ0) is 19.9. The maximum atomic E-state index is 2.77. The molecule has 0 spiro atoms. The van der Waals surface area contributed by atoms with Crippen molar-refractivity contribution in [2.45, 2.75) is 82.7 Å². The summed E-state index contributed by atoms with van der Waals surface area (Å²) in [6.07, 6.45) is 19.8. The fourth-order valence-corrected chi connectivity index (χ4v) is 6.32. The molecular formula is C25H37N3S+2. The number of aryl methyl sites for hydroxylation is 2. The Morgan fingerprint density at radius 1 is 0.862 bits per heavy atom. The first-order chi connectivity index (χ1) is 14.3. The van der Waals surface area contributed by atoms with Crippen molar-refractivity contribution >= 4 is 11.8 Å². The average molecular weight is 412 g/mol. The largest absolute Gasteiger partial charge is 0.290 e. The first-order valence-corrected chi connectivity index (χ1v) is 12.7. The molecule has 3 heterocycles. The molecule has 1 saturated carbocycles. The quantitative estimate of drug-likeness (QED) is 0.432. The molecule has 0 amide bonds. The normalized spacial score (nSPS) is 22.0. The molecule has 0 N–H and O–H groups in total. The van der Waals surface area contributed by atoms with Gasteiger partial charge in [-0.15, -0.1) is 11.8 Å². The van der Waals surface area contributed by atoms with E-state index in [4.69, 9.17) is 0 Å². The molecule has 1 aliphatic heterocycles. The molecule has 2 aromatic heterocycles. The summed E-state index contributed by atoms with van der Waals surface area (Å²) in [7, 11) is 0. The maximum Gasteiger partial charge on any atom is 0.169 e. The van der Waals surface area contributed by atoms with Gasteiger partial charge >= 0.3 is 0 Å². The van der Waals surface area contributed by atoms with Crippen molar-refractivity contribution in [3.05, 3.63) is 49.1 Å². The zero-order valence-electron chi connectivity index (χ0n) is 18.0. The molecule has 0 aromatic carbocycles. The highest BCUT2D eigenvalue weighted by Crippen LogP contribution is 2.38. The number of fused-ring (bicyclic) bond motifs is 1. The van der Waals surface area contributed by atoms with Crippen molar-refractivity contribution < 1.29 is 9.13 Å². The third-order valence-corrected chi connectivity index (χ3v) is 8.05.